The van der Waals surface area contributed by atoms with E-state index in [1.165, 1.54) is 34.4 Å². The number of epoxide rings is 2. The minimum atomic E-state index is -1.13. The molecule has 2 saturated heterocycles. The maximum atomic E-state index is 12.0. The lowest BCUT2D eigenvalue weighted by atomic mass is 10.0. The largest absolute Gasteiger partial charge is 0.494 e. The average Bonchev–Trinajstić information content (AvgIpc) is 1.12. The van der Waals surface area contributed by atoms with Crippen molar-refractivity contribution >= 4 is 41.8 Å². The highest BCUT2D eigenvalue weighted by atomic mass is 17.2. The van der Waals surface area contributed by atoms with Crippen LogP contribution in [0.4, 0.5) is 0 Å². The van der Waals surface area contributed by atoms with Gasteiger partial charge in [-0.2, -0.15) is 0 Å². The van der Waals surface area contributed by atoms with E-state index in [1.54, 1.807) is 24.3 Å². The van der Waals surface area contributed by atoms with Crippen LogP contribution in [-0.4, -0.2) is 166 Å². The predicted octanol–water partition coefficient (Wildman–Crippen LogP) is 9.13. The van der Waals surface area contributed by atoms with Crippen molar-refractivity contribution in [2.75, 3.05) is 79.5 Å². The molecule has 4 atom stereocenters. The Hall–Kier alpha value is -11.2. The number of carboxylic acids is 2. The van der Waals surface area contributed by atoms with Gasteiger partial charge in [-0.15, -0.1) is 0 Å². The van der Waals surface area contributed by atoms with E-state index in [4.69, 9.17) is 82.5 Å². The first-order chi connectivity index (χ1) is 48.9. The Kier molecular flexibility index (Phi) is 37.3. The number of carboxylic acid groups (broad SMARTS) is 2. The summed E-state index contributed by atoms with van der Waals surface area (Å²) in [6.45, 7) is 14.0. The molecule has 0 aromatic heterocycles. The fourth-order valence-corrected chi connectivity index (χ4v) is 7.96. The van der Waals surface area contributed by atoms with E-state index in [-0.39, 0.29) is 46.4 Å². The number of ether oxygens (including phenoxy) is 12. The monoisotopic (exact) mass is 1400 g/mol. The van der Waals surface area contributed by atoms with Gasteiger partial charge in [-0.1, -0.05) is 92.5 Å². The molecule has 0 spiro atoms. The first-order valence-electron chi connectivity index (χ1n) is 31.3. The summed E-state index contributed by atoms with van der Waals surface area (Å²) in [5.41, 5.74) is 6.94. The number of rotatable bonds is 38. The maximum absolute atomic E-state index is 12.0. The predicted molar refractivity (Wildman–Crippen MR) is 363 cm³/mol. The van der Waals surface area contributed by atoms with Crippen LogP contribution < -0.4 is 28.4 Å². The Morgan fingerprint density at radius 2 is 0.832 bits per heavy atom. The van der Waals surface area contributed by atoms with Crippen molar-refractivity contribution < 1.29 is 126 Å². The van der Waals surface area contributed by atoms with Crippen LogP contribution in [0.1, 0.15) is 40.3 Å². The molecule has 26 heteroatoms. The Morgan fingerprint density at radius 3 is 1.16 bits per heavy atom. The van der Waals surface area contributed by atoms with Crippen LogP contribution in [0.25, 0.3) is 0 Å². The number of carbonyl (C=O) groups is 7. The number of esters is 5. The van der Waals surface area contributed by atoms with E-state index in [0.29, 0.717) is 55.7 Å². The van der Waals surface area contributed by atoms with Gasteiger partial charge in [-0.3, -0.25) is 5.26 Å². The zero-order valence-electron chi connectivity index (χ0n) is 55.4. The molecule has 6 aromatic rings. The highest BCUT2D eigenvalue weighted by Gasteiger charge is 2.24. The van der Waals surface area contributed by atoms with Crippen molar-refractivity contribution in [3.8, 4) is 34.5 Å². The summed E-state index contributed by atoms with van der Waals surface area (Å²) >= 11 is 0. The lowest BCUT2D eigenvalue weighted by molar-refractivity contribution is -0.325. The molecule has 4 unspecified atom stereocenters. The van der Waals surface area contributed by atoms with Crippen LogP contribution in [0.3, 0.4) is 0 Å². The third kappa shape index (κ3) is 36.8. The summed E-state index contributed by atoms with van der Waals surface area (Å²) in [6, 6.07) is 46.9. The summed E-state index contributed by atoms with van der Waals surface area (Å²) in [7, 11) is 0. The summed E-state index contributed by atoms with van der Waals surface area (Å²) in [4.78, 5) is 88.5. The standard InChI is InChI=1S/C33H36O14.C19H20O4.C16H18O3.C4H2O3.C3H4O2/c1-3-31(36)42-21-28(46-33(38)8-6-17-44-39)20-40-26-13-9-24(10-14-26)19-25-11-15-27(16-12-25)41-22-29(23-43-32(37)4-2)47-45-18-5-7-30(34)35;1-5-16(20-10-18-12-22-18)6-2-14(1)9-15-3-7-17(8-4-15)21-11-19-13-23-19;1-2-18-15-7-3-13(4-8-15)11-14-5-9-16(10-6-14)19-12-17;5-3-1-2-4(6)7-3;1-2-3(4)5/h3-16,28-29,39H,1-2,17-23H2,(H,34,35);1-8,18-19H,9-13H2;3-10,17H,2,11-12H2,1H3;1-2H;2H,1H2,(H,4,5)/b7-5+,8-6+;;;;. The van der Waals surface area contributed by atoms with Gasteiger partial charge in [0.25, 0.3) is 0 Å². The molecular formula is C75H80O26. The molecule has 3 heterocycles. The van der Waals surface area contributed by atoms with E-state index in [2.05, 4.69) is 65.8 Å². The van der Waals surface area contributed by atoms with Crippen LogP contribution in [0.2, 0.25) is 0 Å². The number of benzene rings is 6. The van der Waals surface area contributed by atoms with Gasteiger partial charge in [0.05, 0.1) is 19.8 Å². The van der Waals surface area contributed by atoms with Gasteiger partial charge in [0.15, 0.2) is 19.0 Å². The van der Waals surface area contributed by atoms with Crippen LogP contribution in [0, 0.1) is 0 Å². The van der Waals surface area contributed by atoms with Gasteiger partial charge in [0.2, 0.25) is 0 Å². The highest BCUT2D eigenvalue weighted by molar-refractivity contribution is 6.05. The van der Waals surface area contributed by atoms with Crippen molar-refractivity contribution in [3.63, 3.8) is 0 Å². The number of aliphatic carboxylic acids is 2. The number of aliphatic hydroxyl groups is 1. The lowest BCUT2D eigenvalue weighted by Gasteiger charge is -2.18. The molecule has 536 valence electrons. The van der Waals surface area contributed by atoms with Crippen molar-refractivity contribution in [2.45, 2.75) is 50.6 Å². The summed E-state index contributed by atoms with van der Waals surface area (Å²) < 4.78 is 62.7. The van der Waals surface area contributed by atoms with Crippen LogP contribution in [0.15, 0.2) is 220 Å². The van der Waals surface area contributed by atoms with Gasteiger partial charge in [0.1, 0.15) is 99.6 Å². The molecule has 101 heavy (non-hydrogen) atoms. The Balaban J connectivity index is 0.000000277. The minimum absolute atomic E-state index is 0.0278. The van der Waals surface area contributed by atoms with Gasteiger partial charge in [0, 0.05) is 42.5 Å². The molecule has 3 aliphatic rings. The molecule has 0 amide bonds. The summed E-state index contributed by atoms with van der Waals surface area (Å²) in [6.07, 6.45) is 10.7. The number of hydrogen-bond donors (Lipinski definition) is 4. The molecule has 6 aromatic carbocycles. The normalized spacial score (nSPS) is 14.1. The third-order valence-electron chi connectivity index (χ3n) is 13.1. The minimum Gasteiger partial charge on any atom is -0.494 e. The second-order valence-electron chi connectivity index (χ2n) is 21.0. The third-order valence-corrected chi connectivity index (χ3v) is 13.1. The average molecular weight is 1400 g/mol. The molecule has 2 fully saturated rings. The highest BCUT2D eigenvalue weighted by Crippen LogP contribution is 2.23. The summed E-state index contributed by atoms with van der Waals surface area (Å²) in [5.74, 6) is -0.939. The number of hydrogen-bond acceptors (Lipinski definition) is 24. The number of aliphatic hydroxyl groups excluding tert-OH is 1. The Labute approximate surface area is 583 Å². The Bertz CT molecular complexity index is 3480. The van der Waals surface area contributed by atoms with Gasteiger partial charge in [-0.05, 0) is 145 Å². The van der Waals surface area contributed by atoms with Crippen LogP contribution >= 0.6 is 0 Å². The molecule has 0 aliphatic carbocycles. The van der Waals surface area contributed by atoms with Crippen molar-refractivity contribution in [3.05, 3.63) is 253 Å². The summed E-state index contributed by atoms with van der Waals surface area (Å²) in [5, 5.41) is 33.2. The first kappa shape index (κ1) is 80.5. The van der Waals surface area contributed by atoms with Crippen molar-refractivity contribution in [2.24, 2.45) is 0 Å². The lowest BCUT2D eigenvalue weighted by Crippen LogP contribution is -2.30. The topological polar surface area (TPSA) is 345 Å². The van der Waals surface area contributed by atoms with E-state index < -0.39 is 54.0 Å². The smallest absolute Gasteiger partial charge is 0.338 e. The van der Waals surface area contributed by atoms with E-state index in [0.717, 1.165) is 97.0 Å². The SMILES string of the molecule is C=CC(=O)O.C=CC(=O)OCC(COc1ccc(Cc2ccc(OCC(COC(=O)C=C)OC(=O)/C=C/COO)cc2)cc1)OOC/C=C/C(=O)O.CCOc1ccc(Cc2ccc(OCO)cc2)cc1.O=C1C=CC(=O)O1.c1cc(OCC2CO2)ccc1Cc1ccc(OCC2CO2)cc1. The molecule has 26 nitrogen and oxygen atoms in total. The van der Waals surface area contributed by atoms with Gasteiger partial charge < -0.3 is 72.2 Å². The fourth-order valence-electron chi connectivity index (χ4n) is 7.96. The molecule has 3 aliphatic heterocycles. The van der Waals surface area contributed by atoms with Crippen LogP contribution in [0.5, 0.6) is 34.5 Å². The second-order valence-corrected chi connectivity index (χ2v) is 21.0. The van der Waals surface area contributed by atoms with Gasteiger partial charge >= 0.3 is 41.8 Å². The van der Waals surface area contributed by atoms with Crippen LogP contribution in [-0.2, 0) is 95.9 Å². The number of carbonyl (C=O) groups excluding carboxylic acids is 5. The van der Waals surface area contributed by atoms with E-state index >= 15 is 0 Å². The van der Waals surface area contributed by atoms with Crippen molar-refractivity contribution in [1.29, 1.82) is 0 Å². The molecular weight excluding hydrogens is 1320 g/mol. The Morgan fingerprint density at radius 1 is 0.475 bits per heavy atom. The maximum Gasteiger partial charge on any atom is 0.338 e. The zero-order chi connectivity index (χ0) is 72.8. The van der Waals surface area contributed by atoms with Gasteiger partial charge in [-0.25, -0.2) is 48.2 Å². The second kappa shape index (κ2) is 46.9. The first-order valence-corrected chi connectivity index (χ1v) is 31.3. The van der Waals surface area contributed by atoms with E-state index in [1.807, 2.05) is 91.9 Å². The quantitative estimate of drug-likeness (QED) is 0.00323. The molecule has 0 bridgehead atoms. The fraction of sp³-hybridized carbons (Fsp3) is 0.267. The molecule has 9 rings (SSSR count). The number of cyclic esters (lactones) is 2. The van der Waals surface area contributed by atoms with E-state index in [9.17, 15) is 33.6 Å². The zero-order valence-corrected chi connectivity index (χ0v) is 55.4. The van der Waals surface area contributed by atoms with Crippen molar-refractivity contribution in [1.82, 2.24) is 0 Å². The molecule has 0 radical (unpaired) electrons. The molecule has 4 N–H and O–H groups in total. The molecule has 0 saturated carbocycles.